The lowest BCUT2D eigenvalue weighted by Crippen LogP contribution is -1.89. The number of para-hydroxylation sites is 1. The third-order valence-corrected chi connectivity index (χ3v) is 2.90. The van der Waals surface area contributed by atoms with Gasteiger partial charge in [-0.25, -0.2) is 9.97 Å². The molecule has 3 heteroatoms. The van der Waals surface area contributed by atoms with E-state index in [1.807, 2.05) is 48.5 Å². The van der Waals surface area contributed by atoms with Gasteiger partial charge in [0.2, 0.25) is 0 Å². The number of fused-ring (bicyclic) bond motifs is 1. The molecule has 0 aliphatic carbocycles. The van der Waals surface area contributed by atoms with Crippen LogP contribution in [-0.4, -0.2) is 9.97 Å². The van der Waals surface area contributed by atoms with Gasteiger partial charge in [0.05, 0.1) is 10.5 Å². The Morgan fingerprint density at radius 3 is 2.53 bits per heavy atom. The lowest BCUT2D eigenvalue weighted by molar-refractivity contribution is 1.23. The summed E-state index contributed by atoms with van der Waals surface area (Å²) < 4.78 is 0. The SMILES string of the molecule is Clc1cccc2cnc(-c3ccccc3)nc12. The summed E-state index contributed by atoms with van der Waals surface area (Å²) >= 11 is 6.13. The molecule has 17 heavy (non-hydrogen) atoms. The fourth-order valence-corrected chi connectivity index (χ4v) is 1.97. The molecule has 0 spiro atoms. The first kappa shape index (κ1) is 10.2. The quantitative estimate of drug-likeness (QED) is 0.644. The van der Waals surface area contributed by atoms with Gasteiger partial charge in [0.15, 0.2) is 5.82 Å². The Balaban J connectivity index is 2.23. The second kappa shape index (κ2) is 4.15. The number of aromatic nitrogens is 2. The van der Waals surface area contributed by atoms with E-state index in [2.05, 4.69) is 9.97 Å². The molecule has 0 N–H and O–H groups in total. The summed E-state index contributed by atoms with van der Waals surface area (Å²) in [5, 5.41) is 1.61. The van der Waals surface area contributed by atoms with Gasteiger partial charge in [0.1, 0.15) is 0 Å². The van der Waals surface area contributed by atoms with E-state index in [4.69, 9.17) is 11.6 Å². The molecular weight excluding hydrogens is 232 g/mol. The van der Waals surface area contributed by atoms with Crippen LogP contribution in [0.4, 0.5) is 0 Å². The minimum Gasteiger partial charge on any atom is -0.236 e. The van der Waals surface area contributed by atoms with E-state index in [1.54, 1.807) is 6.20 Å². The minimum atomic E-state index is 0.655. The number of nitrogens with zero attached hydrogens (tertiary/aromatic N) is 2. The zero-order valence-corrected chi connectivity index (χ0v) is 9.72. The highest BCUT2D eigenvalue weighted by Crippen LogP contribution is 2.23. The molecule has 0 saturated carbocycles. The molecule has 0 fully saturated rings. The average molecular weight is 241 g/mol. The van der Waals surface area contributed by atoms with E-state index in [0.29, 0.717) is 10.8 Å². The second-order valence-electron chi connectivity index (χ2n) is 3.74. The van der Waals surface area contributed by atoms with Crippen molar-refractivity contribution >= 4 is 22.5 Å². The Hall–Kier alpha value is -1.93. The number of hydrogen-bond donors (Lipinski definition) is 0. The van der Waals surface area contributed by atoms with Crippen molar-refractivity contribution in [1.29, 1.82) is 0 Å². The van der Waals surface area contributed by atoms with Crippen molar-refractivity contribution in [3.63, 3.8) is 0 Å². The monoisotopic (exact) mass is 240 g/mol. The summed E-state index contributed by atoms with van der Waals surface area (Å²) in [6.45, 7) is 0. The topological polar surface area (TPSA) is 25.8 Å². The van der Waals surface area contributed by atoms with Crippen LogP contribution in [0.25, 0.3) is 22.3 Å². The zero-order chi connectivity index (χ0) is 11.7. The van der Waals surface area contributed by atoms with Gasteiger partial charge < -0.3 is 0 Å². The smallest absolute Gasteiger partial charge is 0.159 e. The third-order valence-electron chi connectivity index (χ3n) is 2.59. The molecule has 82 valence electrons. The van der Waals surface area contributed by atoms with E-state index < -0.39 is 0 Å². The molecule has 0 aliphatic rings. The average Bonchev–Trinajstić information content (AvgIpc) is 2.40. The molecule has 2 aromatic carbocycles. The summed E-state index contributed by atoms with van der Waals surface area (Å²) in [4.78, 5) is 8.85. The first-order valence-corrected chi connectivity index (χ1v) is 5.69. The molecule has 0 radical (unpaired) electrons. The third kappa shape index (κ3) is 1.87. The molecule has 1 aromatic heterocycles. The van der Waals surface area contributed by atoms with Crippen LogP contribution in [-0.2, 0) is 0 Å². The van der Waals surface area contributed by atoms with Gasteiger partial charge in [-0.1, -0.05) is 54.1 Å². The number of rotatable bonds is 1. The zero-order valence-electron chi connectivity index (χ0n) is 8.97. The lowest BCUT2D eigenvalue weighted by atomic mass is 10.2. The molecule has 0 atom stereocenters. The van der Waals surface area contributed by atoms with Crippen molar-refractivity contribution in [3.8, 4) is 11.4 Å². The fraction of sp³-hybridized carbons (Fsp3) is 0. The molecule has 2 nitrogen and oxygen atoms in total. The van der Waals surface area contributed by atoms with Crippen molar-refractivity contribution in [2.45, 2.75) is 0 Å². The summed E-state index contributed by atoms with van der Waals surface area (Å²) in [5.41, 5.74) is 1.79. The van der Waals surface area contributed by atoms with Crippen molar-refractivity contribution < 1.29 is 0 Å². The van der Waals surface area contributed by atoms with E-state index in [0.717, 1.165) is 16.5 Å². The van der Waals surface area contributed by atoms with Crippen LogP contribution in [0.3, 0.4) is 0 Å². The molecule has 0 saturated heterocycles. The highest BCUT2D eigenvalue weighted by atomic mass is 35.5. The van der Waals surface area contributed by atoms with Crippen LogP contribution in [0.5, 0.6) is 0 Å². The van der Waals surface area contributed by atoms with E-state index in [-0.39, 0.29) is 0 Å². The second-order valence-corrected chi connectivity index (χ2v) is 4.14. The number of benzene rings is 2. The van der Waals surface area contributed by atoms with Crippen molar-refractivity contribution in [2.24, 2.45) is 0 Å². The Kier molecular flexibility index (Phi) is 2.50. The van der Waals surface area contributed by atoms with Crippen LogP contribution in [0.15, 0.2) is 54.7 Å². The van der Waals surface area contributed by atoms with Gasteiger partial charge in [-0.05, 0) is 6.07 Å². The summed E-state index contributed by atoms with van der Waals surface area (Å²) in [6.07, 6.45) is 1.80. The highest BCUT2D eigenvalue weighted by molar-refractivity contribution is 6.35. The highest BCUT2D eigenvalue weighted by Gasteiger charge is 2.04. The number of halogens is 1. The molecule has 3 rings (SSSR count). The fourth-order valence-electron chi connectivity index (χ4n) is 1.75. The Morgan fingerprint density at radius 2 is 1.71 bits per heavy atom. The van der Waals surface area contributed by atoms with Crippen molar-refractivity contribution in [1.82, 2.24) is 9.97 Å². The van der Waals surface area contributed by atoms with Crippen LogP contribution in [0.2, 0.25) is 5.02 Å². The molecule has 0 bridgehead atoms. The van der Waals surface area contributed by atoms with Crippen LogP contribution >= 0.6 is 11.6 Å². The standard InChI is InChI=1S/C14H9ClN2/c15-12-8-4-7-11-9-16-14(17-13(11)12)10-5-2-1-3-6-10/h1-9H. The van der Waals surface area contributed by atoms with Crippen LogP contribution in [0, 0.1) is 0 Å². The Bertz CT molecular complexity index is 665. The first-order valence-electron chi connectivity index (χ1n) is 5.31. The molecular formula is C14H9ClN2. The van der Waals surface area contributed by atoms with Gasteiger partial charge in [-0.3, -0.25) is 0 Å². The molecule has 1 heterocycles. The van der Waals surface area contributed by atoms with Gasteiger partial charge >= 0.3 is 0 Å². The Morgan fingerprint density at radius 1 is 0.882 bits per heavy atom. The van der Waals surface area contributed by atoms with E-state index in [1.165, 1.54) is 0 Å². The maximum Gasteiger partial charge on any atom is 0.159 e. The van der Waals surface area contributed by atoms with E-state index in [9.17, 15) is 0 Å². The predicted octanol–water partition coefficient (Wildman–Crippen LogP) is 3.95. The molecule has 0 unspecified atom stereocenters. The van der Waals surface area contributed by atoms with Crippen LogP contribution in [0.1, 0.15) is 0 Å². The minimum absolute atomic E-state index is 0.655. The first-order chi connectivity index (χ1) is 8.34. The molecule has 3 aromatic rings. The summed E-state index contributed by atoms with van der Waals surface area (Å²) in [6, 6.07) is 15.6. The maximum atomic E-state index is 6.13. The predicted molar refractivity (Wildman–Crippen MR) is 70.0 cm³/mol. The largest absolute Gasteiger partial charge is 0.236 e. The molecule has 0 aliphatic heterocycles. The Labute approximate surface area is 104 Å². The van der Waals surface area contributed by atoms with Gasteiger partial charge in [0.25, 0.3) is 0 Å². The van der Waals surface area contributed by atoms with Crippen LogP contribution < -0.4 is 0 Å². The van der Waals surface area contributed by atoms with Crippen molar-refractivity contribution in [3.05, 3.63) is 59.8 Å². The summed E-state index contributed by atoms with van der Waals surface area (Å²) in [7, 11) is 0. The normalized spacial score (nSPS) is 10.6. The maximum absolute atomic E-state index is 6.13. The van der Waals surface area contributed by atoms with Gasteiger partial charge in [-0.2, -0.15) is 0 Å². The van der Waals surface area contributed by atoms with Crippen molar-refractivity contribution in [2.75, 3.05) is 0 Å². The van der Waals surface area contributed by atoms with Gasteiger partial charge in [0, 0.05) is 17.1 Å². The lowest BCUT2D eigenvalue weighted by Gasteiger charge is -2.03. The van der Waals surface area contributed by atoms with E-state index >= 15 is 0 Å². The van der Waals surface area contributed by atoms with Gasteiger partial charge in [-0.15, -0.1) is 0 Å². The number of hydrogen-bond acceptors (Lipinski definition) is 2. The summed E-state index contributed by atoms with van der Waals surface area (Å²) in [5.74, 6) is 0.700. The molecule has 0 amide bonds.